The lowest BCUT2D eigenvalue weighted by molar-refractivity contribution is 0.558. The van der Waals surface area contributed by atoms with Crippen molar-refractivity contribution in [3.05, 3.63) is 66.5 Å². The molecule has 3 rings (SSSR count). The molecule has 0 N–H and O–H groups in total. The van der Waals surface area contributed by atoms with Gasteiger partial charge in [-0.15, -0.1) is 5.10 Å². The summed E-state index contributed by atoms with van der Waals surface area (Å²) in [7, 11) is 0. The van der Waals surface area contributed by atoms with E-state index in [1.807, 2.05) is 27.7 Å². The second-order valence-electron chi connectivity index (χ2n) is 4.80. The Morgan fingerprint density at radius 1 is 1.10 bits per heavy atom. The van der Waals surface area contributed by atoms with Crippen molar-refractivity contribution in [2.45, 2.75) is 25.9 Å². The van der Waals surface area contributed by atoms with E-state index in [9.17, 15) is 0 Å². The summed E-state index contributed by atoms with van der Waals surface area (Å²) in [5.41, 5.74) is 2.33. The van der Waals surface area contributed by atoms with E-state index in [0.717, 1.165) is 31.6 Å². The average Bonchev–Trinajstić information content (AvgIpc) is 3.13. The Morgan fingerprint density at radius 2 is 2.00 bits per heavy atom. The molecule has 2 heterocycles. The van der Waals surface area contributed by atoms with Gasteiger partial charge in [0, 0.05) is 18.9 Å². The van der Waals surface area contributed by atoms with E-state index in [2.05, 4.69) is 39.6 Å². The molecule has 0 amide bonds. The normalized spacial score (nSPS) is 10.8. The van der Waals surface area contributed by atoms with Crippen LogP contribution in [0.25, 0.3) is 0 Å². The summed E-state index contributed by atoms with van der Waals surface area (Å²) in [5.74, 6) is 0. The van der Waals surface area contributed by atoms with Gasteiger partial charge in [0.2, 0.25) is 0 Å². The monoisotopic (exact) mass is 267 g/mol. The summed E-state index contributed by atoms with van der Waals surface area (Å²) in [5, 5.41) is 8.34. The van der Waals surface area contributed by atoms with Gasteiger partial charge in [-0.05, 0) is 18.4 Å². The maximum Gasteiger partial charge on any atom is 0.102 e. The fraction of sp³-hybridized carbons (Fsp3) is 0.267. The van der Waals surface area contributed by atoms with Gasteiger partial charge in [0.05, 0.1) is 19.1 Å². The summed E-state index contributed by atoms with van der Waals surface area (Å²) < 4.78 is 3.90. The van der Waals surface area contributed by atoms with Gasteiger partial charge in [-0.1, -0.05) is 35.5 Å². The lowest BCUT2D eigenvalue weighted by Gasteiger charge is -2.01. The molecule has 0 radical (unpaired) electrons. The first-order valence-electron chi connectivity index (χ1n) is 6.79. The average molecular weight is 267 g/mol. The molecule has 0 bridgehead atoms. The molecule has 5 nitrogen and oxygen atoms in total. The SMILES string of the molecule is c1ccc(CCCn2cc(Cn3ccnc3)nn2)cc1. The number of aryl methyl sites for hydroxylation is 2. The molecule has 0 aliphatic rings. The van der Waals surface area contributed by atoms with Crippen LogP contribution in [0.2, 0.25) is 0 Å². The zero-order chi connectivity index (χ0) is 13.6. The lowest BCUT2D eigenvalue weighted by atomic mass is 10.1. The first-order valence-corrected chi connectivity index (χ1v) is 6.79. The van der Waals surface area contributed by atoms with Gasteiger partial charge in [-0.3, -0.25) is 4.68 Å². The Labute approximate surface area is 117 Å². The summed E-state index contributed by atoms with van der Waals surface area (Å²) in [6.45, 7) is 1.62. The number of aromatic nitrogens is 5. The molecular formula is C15H17N5. The number of hydrogen-bond acceptors (Lipinski definition) is 3. The molecule has 0 fully saturated rings. The standard InChI is InChI=1S/C15H17N5/c1-2-5-14(6-3-1)7-4-9-20-12-15(17-18-20)11-19-10-8-16-13-19/h1-3,5-6,8,10,12-13H,4,7,9,11H2. The predicted octanol–water partition coefficient (Wildman–Crippen LogP) is 2.16. The van der Waals surface area contributed by atoms with Crippen LogP contribution < -0.4 is 0 Å². The highest BCUT2D eigenvalue weighted by atomic mass is 15.4. The predicted molar refractivity (Wildman–Crippen MR) is 76.1 cm³/mol. The van der Waals surface area contributed by atoms with E-state index in [0.29, 0.717) is 0 Å². The molecule has 0 unspecified atom stereocenters. The number of imidazole rings is 1. The van der Waals surface area contributed by atoms with E-state index in [1.165, 1.54) is 5.56 Å². The Morgan fingerprint density at radius 3 is 2.80 bits per heavy atom. The minimum absolute atomic E-state index is 0.721. The molecule has 3 aromatic rings. The van der Waals surface area contributed by atoms with Crippen molar-refractivity contribution >= 4 is 0 Å². The van der Waals surface area contributed by atoms with Crippen LogP contribution >= 0.6 is 0 Å². The fourth-order valence-electron chi connectivity index (χ4n) is 2.18. The smallest absolute Gasteiger partial charge is 0.102 e. The highest BCUT2D eigenvalue weighted by Gasteiger charge is 2.01. The Kier molecular flexibility index (Phi) is 3.87. The van der Waals surface area contributed by atoms with Crippen LogP contribution in [0.15, 0.2) is 55.2 Å². The Bertz CT molecular complexity index is 627. The van der Waals surface area contributed by atoms with Crippen LogP contribution in [0.3, 0.4) is 0 Å². The highest BCUT2D eigenvalue weighted by molar-refractivity contribution is 5.14. The van der Waals surface area contributed by atoms with Crippen molar-refractivity contribution in [1.82, 2.24) is 24.5 Å². The molecular weight excluding hydrogens is 250 g/mol. The highest BCUT2D eigenvalue weighted by Crippen LogP contribution is 2.04. The maximum absolute atomic E-state index is 4.18. The van der Waals surface area contributed by atoms with Crippen LogP contribution in [0.1, 0.15) is 17.7 Å². The van der Waals surface area contributed by atoms with E-state index in [4.69, 9.17) is 0 Å². The van der Waals surface area contributed by atoms with Crippen LogP contribution in [0.4, 0.5) is 0 Å². The molecule has 0 spiro atoms. The summed E-state index contributed by atoms with van der Waals surface area (Å²) in [6, 6.07) is 10.5. The minimum atomic E-state index is 0.721. The second kappa shape index (κ2) is 6.14. The van der Waals surface area contributed by atoms with E-state index in [1.54, 1.807) is 12.5 Å². The summed E-state index contributed by atoms with van der Waals surface area (Å²) in [6.07, 6.45) is 9.62. The molecule has 5 heteroatoms. The number of rotatable bonds is 6. The molecule has 0 aliphatic carbocycles. The molecule has 0 saturated heterocycles. The molecule has 0 aliphatic heterocycles. The van der Waals surface area contributed by atoms with Gasteiger partial charge in [0.25, 0.3) is 0 Å². The number of nitrogens with zero attached hydrogens (tertiary/aromatic N) is 5. The topological polar surface area (TPSA) is 48.5 Å². The van der Waals surface area contributed by atoms with Gasteiger partial charge in [-0.25, -0.2) is 4.98 Å². The van der Waals surface area contributed by atoms with E-state index in [-0.39, 0.29) is 0 Å². The number of hydrogen-bond donors (Lipinski definition) is 0. The summed E-state index contributed by atoms with van der Waals surface area (Å²) in [4.78, 5) is 4.02. The van der Waals surface area contributed by atoms with Crippen LogP contribution in [-0.4, -0.2) is 24.5 Å². The number of benzene rings is 1. The fourth-order valence-corrected chi connectivity index (χ4v) is 2.18. The van der Waals surface area contributed by atoms with Crippen LogP contribution in [-0.2, 0) is 19.5 Å². The largest absolute Gasteiger partial charge is 0.331 e. The van der Waals surface area contributed by atoms with Crippen molar-refractivity contribution < 1.29 is 0 Å². The van der Waals surface area contributed by atoms with E-state index < -0.39 is 0 Å². The molecule has 20 heavy (non-hydrogen) atoms. The molecule has 2 aromatic heterocycles. The first kappa shape index (κ1) is 12.6. The Hall–Kier alpha value is -2.43. The molecule has 0 saturated carbocycles. The van der Waals surface area contributed by atoms with Crippen molar-refractivity contribution in [3.8, 4) is 0 Å². The summed E-state index contributed by atoms with van der Waals surface area (Å²) >= 11 is 0. The first-order chi connectivity index (χ1) is 9.90. The second-order valence-corrected chi connectivity index (χ2v) is 4.80. The zero-order valence-electron chi connectivity index (χ0n) is 11.3. The molecule has 0 atom stereocenters. The quantitative estimate of drug-likeness (QED) is 0.687. The minimum Gasteiger partial charge on any atom is -0.331 e. The maximum atomic E-state index is 4.18. The van der Waals surface area contributed by atoms with Gasteiger partial charge in [0.1, 0.15) is 5.69 Å². The van der Waals surface area contributed by atoms with Crippen LogP contribution in [0.5, 0.6) is 0 Å². The molecule has 102 valence electrons. The van der Waals surface area contributed by atoms with Crippen LogP contribution in [0, 0.1) is 0 Å². The van der Waals surface area contributed by atoms with Crippen molar-refractivity contribution in [2.24, 2.45) is 0 Å². The van der Waals surface area contributed by atoms with Gasteiger partial charge in [0.15, 0.2) is 0 Å². The third kappa shape index (κ3) is 3.32. The van der Waals surface area contributed by atoms with Gasteiger partial charge >= 0.3 is 0 Å². The Balaban J connectivity index is 1.50. The van der Waals surface area contributed by atoms with Crippen molar-refractivity contribution in [1.29, 1.82) is 0 Å². The van der Waals surface area contributed by atoms with Gasteiger partial charge < -0.3 is 4.57 Å². The third-order valence-corrected chi connectivity index (χ3v) is 3.19. The van der Waals surface area contributed by atoms with Crippen molar-refractivity contribution in [3.63, 3.8) is 0 Å². The van der Waals surface area contributed by atoms with Crippen molar-refractivity contribution in [2.75, 3.05) is 0 Å². The van der Waals surface area contributed by atoms with E-state index >= 15 is 0 Å². The lowest BCUT2D eigenvalue weighted by Crippen LogP contribution is -2.00. The molecule has 1 aromatic carbocycles. The third-order valence-electron chi connectivity index (χ3n) is 3.19. The van der Waals surface area contributed by atoms with Gasteiger partial charge in [-0.2, -0.15) is 0 Å². The zero-order valence-corrected chi connectivity index (χ0v) is 11.3.